The third-order valence-electron chi connectivity index (χ3n) is 3.30. The van der Waals surface area contributed by atoms with Crippen LogP contribution in [0.4, 0.5) is 14.5 Å². The number of rotatable bonds is 2. The summed E-state index contributed by atoms with van der Waals surface area (Å²) in [6.07, 6.45) is 0. The molecule has 0 fully saturated rings. The number of nitrogens with zero attached hydrogens (tertiary/aromatic N) is 1. The second kappa shape index (κ2) is 4.73. The van der Waals surface area contributed by atoms with Gasteiger partial charge in [-0.05, 0) is 18.2 Å². The van der Waals surface area contributed by atoms with E-state index < -0.39 is 40.7 Å². The standard InChI is InChI=1S/C15H7F2NO4/c16-10-5-9(15(21)22)12(6-11(10)17)18-13(19)7-3-1-2-4-8(7)14(18)20/h1-6H,(H,21,22). The minimum Gasteiger partial charge on any atom is -0.478 e. The number of carbonyl (C=O) groups is 3. The molecule has 1 aliphatic rings. The molecule has 0 atom stereocenters. The maximum atomic E-state index is 13.4. The van der Waals surface area contributed by atoms with E-state index in [0.717, 1.165) is 0 Å². The zero-order valence-electron chi connectivity index (χ0n) is 10.8. The number of imide groups is 1. The van der Waals surface area contributed by atoms with Crippen LogP contribution in [-0.2, 0) is 0 Å². The zero-order chi connectivity index (χ0) is 16.0. The van der Waals surface area contributed by atoms with Crippen molar-refractivity contribution < 1.29 is 28.3 Å². The van der Waals surface area contributed by atoms with Gasteiger partial charge in [0.05, 0.1) is 22.4 Å². The molecule has 22 heavy (non-hydrogen) atoms. The first-order valence-corrected chi connectivity index (χ1v) is 6.12. The Morgan fingerprint density at radius 3 is 1.95 bits per heavy atom. The van der Waals surface area contributed by atoms with Crippen molar-refractivity contribution in [2.75, 3.05) is 4.90 Å². The lowest BCUT2D eigenvalue weighted by atomic mass is 10.1. The van der Waals surface area contributed by atoms with E-state index in [1.807, 2.05) is 0 Å². The minimum absolute atomic E-state index is 0.0774. The fourth-order valence-electron chi connectivity index (χ4n) is 2.30. The molecule has 2 amide bonds. The highest BCUT2D eigenvalue weighted by Gasteiger charge is 2.38. The summed E-state index contributed by atoms with van der Waals surface area (Å²) in [6, 6.07) is 6.84. The van der Waals surface area contributed by atoms with Crippen molar-refractivity contribution in [3.63, 3.8) is 0 Å². The number of aromatic carboxylic acids is 1. The zero-order valence-corrected chi connectivity index (χ0v) is 10.8. The molecule has 7 heteroatoms. The Morgan fingerprint density at radius 2 is 1.45 bits per heavy atom. The number of anilines is 1. The average molecular weight is 303 g/mol. The quantitative estimate of drug-likeness (QED) is 0.865. The normalized spacial score (nSPS) is 13.5. The Bertz CT molecular complexity index is 812. The molecule has 1 aliphatic heterocycles. The first-order chi connectivity index (χ1) is 10.4. The molecule has 5 nitrogen and oxygen atoms in total. The maximum Gasteiger partial charge on any atom is 0.337 e. The number of carboxylic acids is 1. The van der Waals surface area contributed by atoms with Gasteiger partial charge in [0.2, 0.25) is 0 Å². The molecule has 0 saturated carbocycles. The molecule has 0 aromatic heterocycles. The summed E-state index contributed by atoms with van der Waals surface area (Å²) in [6.45, 7) is 0. The Kier molecular flexibility index (Phi) is 2.98. The molecule has 1 N–H and O–H groups in total. The van der Waals surface area contributed by atoms with Gasteiger partial charge < -0.3 is 5.11 Å². The fourth-order valence-corrected chi connectivity index (χ4v) is 2.30. The monoisotopic (exact) mass is 303 g/mol. The summed E-state index contributed by atoms with van der Waals surface area (Å²) >= 11 is 0. The second-order valence-electron chi connectivity index (χ2n) is 4.58. The Morgan fingerprint density at radius 1 is 0.955 bits per heavy atom. The summed E-state index contributed by atoms with van der Waals surface area (Å²) in [5.74, 6) is -5.87. The third kappa shape index (κ3) is 1.86. The van der Waals surface area contributed by atoms with Crippen LogP contribution < -0.4 is 4.90 Å². The number of carbonyl (C=O) groups excluding carboxylic acids is 2. The molecule has 0 bridgehead atoms. The van der Waals surface area contributed by atoms with Crippen molar-refractivity contribution in [2.24, 2.45) is 0 Å². The van der Waals surface area contributed by atoms with Crippen molar-refractivity contribution in [2.45, 2.75) is 0 Å². The summed E-state index contributed by atoms with van der Waals surface area (Å²) in [5.41, 5.74) is -1.02. The van der Waals surface area contributed by atoms with E-state index in [4.69, 9.17) is 5.11 Å². The Labute approximate surface area is 122 Å². The highest BCUT2D eigenvalue weighted by atomic mass is 19.2. The van der Waals surface area contributed by atoms with Gasteiger partial charge in [0.1, 0.15) is 0 Å². The number of benzene rings is 2. The summed E-state index contributed by atoms with van der Waals surface area (Å²) in [4.78, 5) is 36.3. The van der Waals surface area contributed by atoms with Gasteiger partial charge in [0, 0.05) is 6.07 Å². The molecular formula is C15H7F2NO4. The van der Waals surface area contributed by atoms with Gasteiger partial charge in [-0.2, -0.15) is 0 Å². The molecule has 1 heterocycles. The van der Waals surface area contributed by atoms with Crippen LogP contribution in [0.3, 0.4) is 0 Å². The van der Waals surface area contributed by atoms with E-state index in [1.165, 1.54) is 24.3 Å². The number of carboxylic acid groups (broad SMARTS) is 1. The van der Waals surface area contributed by atoms with Gasteiger partial charge in [-0.15, -0.1) is 0 Å². The van der Waals surface area contributed by atoms with Gasteiger partial charge in [0.15, 0.2) is 11.6 Å². The average Bonchev–Trinajstić information content (AvgIpc) is 2.74. The molecule has 2 aromatic carbocycles. The number of hydrogen-bond donors (Lipinski definition) is 1. The first kappa shape index (κ1) is 13.9. The molecular weight excluding hydrogens is 296 g/mol. The lowest BCUT2D eigenvalue weighted by Crippen LogP contribution is -2.31. The number of hydrogen-bond acceptors (Lipinski definition) is 3. The molecule has 110 valence electrons. The number of amides is 2. The highest BCUT2D eigenvalue weighted by molar-refractivity contribution is 6.35. The van der Waals surface area contributed by atoms with Crippen LogP contribution in [0, 0.1) is 11.6 Å². The largest absolute Gasteiger partial charge is 0.478 e. The van der Waals surface area contributed by atoms with Crippen LogP contribution >= 0.6 is 0 Å². The Hall–Kier alpha value is -3.09. The fraction of sp³-hybridized carbons (Fsp3) is 0. The first-order valence-electron chi connectivity index (χ1n) is 6.12. The number of fused-ring (bicyclic) bond motifs is 1. The van der Waals surface area contributed by atoms with Crippen molar-refractivity contribution >= 4 is 23.5 Å². The summed E-state index contributed by atoms with van der Waals surface area (Å²) in [5, 5.41) is 9.09. The minimum atomic E-state index is -1.58. The molecule has 3 rings (SSSR count). The van der Waals surface area contributed by atoms with Crippen molar-refractivity contribution in [1.82, 2.24) is 0 Å². The molecule has 0 aliphatic carbocycles. The van der Waals surface area contributed by atoms with Gasteiger partial charge in [-0.1, -0.05) is 12.1 Å². The van der Waals surface area contributed by atoms with Gasteiger partial charge >= 0.3 is 5.97 Å². The predicted octanol–water partition coefficient (Wildman–Crippen LogP) is 2.46. The van der Waals surface area contributed by atoms with Gasteiger partial charge in [-0.3, -0.25) is 9.59 Å². The van der Waals surface area contributed by atoms with Crippen LogP contribution in [0.2, 0.25) is 0 Å². The molecule has 0 unspecified atom stereocenters. The molecule has 0 spiro atoms. The van der Waals surface area contributed by atoms with E-state index >= 15 is 0 Å². The second-order valence-corrected chi connectivity index (χ2v) is 4.58. The van der Waals surface area contributed by atoms with Crippen LogP contribution in [0.15, 0.2) is 36.4 Å². The Balaban J connectivity index is 2.22. The molecule has 0 saturated heterocycles. The number of halogens is 2. The van der Waals surface area contributed by atoms with E-state index in [9.17, 15) is 23.2 Å². The molecule has 2 aromatic rings. The lowest BCUT2D eigenvalue weighted by Gasteiger charge is -2.16. The van der Waals surface area contributed by atoms with Crippen LogP contribution in [-0.4, -0.2) is 22.9 Å². The van der Waals surface area contributed by atoms with Crippen LogP contribution in [0.5, 0.6) is 0 Å². The summed E-state index contributed by atoms with van der Waals surface area (Å²) < 4.78 is 26.7. The maximum absolute atomic E-state index is 13.4. The summed E-state index contributed by atoms with van der Waals surface area (Å²) in [7, 11) is 0. The van der Waals surface area contributed by atoms with Crippen LogP contribution in [0.25, 0.3) is 0 Å². The van der Waals surface area contributed by atoms with E-state index in [2.05, 4.69) is 0 Å². The van der Waals surface area contributed by atoms with Crippen molar-refractivity contribution in [3.8, 4) is 0 Å². The van der Waals surface area contributed by atoms with Crippen LogP contribution in [0.1, 0.15) is 31.1 Å². The third-order valence-corrected chi connectivity index (χ3v) is 3.30. The molecule has 0 radical (unpaired) electrons. The predicted molar refractivity (Wildman–Crippen MR) is 70.9 cm³/mol. The van der Waals surface area contributed by atoms with Gasteiger partial charge in [0.25, 0.3) is 11.8 Å². The van der Waals surface area contributed by atoms with Gasteiger partial charge in [-0.25, -0.2) is 18.5 Å². The van der Waals surface area contributed by atoms with E-state index in [0.29, 0.717) is 17.0 Å². The smallest absolute Gasteiger partial charge is 0.337 e. The van der Waals surface area contributed by atoms with E-state index in [1.54, 1.807) is 0 Å². The van der Waals surface area contributed by atoms with E-state index in [-0.39, 0.29) is 11.1 Å². The topological polar surface area (TPSA) is 74.7 Å². The van der Waals surface area contributed by atoms with Crippen molar-refractivity contribution in [1.29, 1.82) is 0 Å². The van der Waals surface area contributed by atoms with Crippen molar-refractivity contribution in [3.05, 3.63) is 64.7 Å². The highest BCUT2D eigenvalue weighted by Crippen LogP contribution is 2.32. The lowest BCUT2D eigenvalue weighted by molar-refractivity contribution is 0.0697. The SMILES string of the molecule is O=C(O)c1cc(F)c(F)cc1N1C(=O)c2ccccc2C1=O.